The molecule has 1 unspecified atom stereocenters. The second kappa shape index (κ2) is 6.86. The Labute approximate surface area is 157 Å². The molecule has 0 saturated carbocycles. The van der Waals surface area contributed by atoms with Gasteiger partial charge in [-0.3, -0.25) is 0 Å². The molecule has 27 heavy (non-hydrogen) atoms. The summed E-state index contributed by atoms with van der Waals surface area (Å²) in [5.41, 5.74) is 1.14. The number of nitrogens with zero attached hydrogens (tertiary/aromatic N) is 3. The third-order valence-corrected chi connectivity index (χ3v) is 6.24. The zero-order valence-electron chi connectivity index (χ0n) is 14.8. The summed E-state index contributed by atoms with van der Waals surface area (Å²) in [6, 6.07) is 12.2. The molecule has 6 nitrogen and oxygen atoms in total. The van der Waals surface area contributed by atoms with Gasteiger partial charge in [-0.05, 0) is 43.3 Å². The first-order valence-corrected chi connectivity index (χ1v) is 10.2. The van der Waals surface area contributed by atoms with Crippen molar-refractivity contribution in [3.63, 3.8) is 0 Å². The second-order valence-electron chi connectivity index (χ2n) is 6.60. The first kappa shape index (κ1) is 17.8. The number of aromatic nitrogens is 2. The number of para-hydroxylation sites is 2. The maximum absolute atomic E-state index is 13.3. The first-order chi connectivity index (χ1) is 12.9. The molecule has 1 aliphatic heterocycles. The largest absolute Gasteiger partial charge is 0.351 e. The van der Waals surface area contributed by atoms with Crippen molar-refractivity contribution in [3.8, 4) is 0 Å². The van der Waals surface area contributed by atoms with E-state index in [2.05, 4.69) is 15.3 Å². The Morgan fingerprint density at radius 2 is 1.74 bits per heavy atom. The molecule has 1 aromatic heterocycles. The summed E-state index contributed by atoms with van der Waals surface area (Å²) in [6.07, 6.45) is 0. The van der Waals surface area contributed by atoms with Gasteiger partial charge in [-0.15, -0.1) is 0 Å². The van der Waals surface area contributed by atoms with E-state index in [4.69, 9.17) is 0 Å². The van der Waals surface area contributed by atoms with Gasteiger partial charge in [-0.25, -0.2) is 22.8 Å². The number of hydrogen-bond donors (Lipinski definition) is 1. The minimum atomic E-state index is -3.95. The van der Waals surface area contributed by atoms with Gasteiger partial charge in [0.25, 0.3) is 0 Å². The van der Waals surface area contributed by atoms with Gasteiger partial charge < -0.3 is 10.2 Å². The summed E-state index contributed by atoms with van der Waals surface area (Å²) in [4.78, 5) is 11.0. The van der Waals surface area contributed by atoms with Crippen LogP contribution in [0.5, 0.6) is 0 Å². The van der Waals surface area contributed by atoms with Gasteiger partial charge in [-0.1, -0.05) is 12.1 Å². The maximum atomic E-state index is 13.3. The molecule has 3 aromatic rings. The number of nitrogens with one attached hydrogen (secondary N) is 1. The first-order valence-electron chi connectivity index (χ1n) is 8.71. The molecule has 1 atom stereocenters. The average molecular weight is 386 g/mol. The van der Waals surface area contributed by atoms with Crippen molar-refractivity contribution in [1.29, 1.82) is 0 Å². The lowest BCUT2D eigenvalue weighted by atomic mass is 10.2. The van der Waals surface area contributed by atoms with E-state index in [0.717, 1.165) is 18.7 Å². The number of rotatable bonds is 3. The topological polar surface area (TPSA) is 75.2 Å². The molecule has 1 fully saturated rings. The lowest BCUT2D eigenvalue weighted by Gasteiger charge is -2.33. The van der Waals surface area contributed by atoms with E-state index >= 15 is 0 Å². The van der Waals surface area contributed by atoms with Crippen LogP contribution in [0.2, 0.25) is 0 Å². The fraction of sp³-hybridized carbons (Fsp3) is 0.263. The number of benzene rings is 2. The number of fused-ring (bicyclic) bond motifs is 1. The van der Waals surface area contributed by atoms with Crippen LogP contribution in [0.4, 0.5) is 10.2 Å². The molecule has 0 bridgehead atoms. The van der Waals surface area contributed by atoms with Gasteiger partial charge in [0.05, 0.1) is 15.9 Å². The quantitative estimate of drug-likeness (QED) is 0.697. The Bertz CT molecular complexity index is 1090. The summed E-state index contributed by atoms with van der Waals surface area (Å²) >= 11 is 0. The predicted molar refractivity (Wildman–Crippen MR) is 101 cm³/mol. The number of hydrogen-bond acceptors (Lipinski definition) is 6. The summed E-state index contributed by atoms with van der Waals surface area (Å²) < 4.78 is 39.8. The molecule has 0 spiro atoms. The Kier molecular flexibility index (Phi) is 4.53. The zero-order valence-corrected chi connectivity index (χ0v) is 15.6. The van der Waals surface area contributed by atoms with E-state index in [1.165, 1.54) is 12.1 Å². The van der Waals surface area contributed by atoms with E-state index in [-0.39, 0.29) is 16.0 Å². The number of anilines is 1. The van der Waals surface area contributed by atoms with Gasteiger partial charge in [0.2, 0.25) is 14.9 Å². The third kappa shape index (κ3) is 3.38. The van der Waals surface area contributed by atoms with E-state index in [0.29, 0.717) is 29.9 Å². The van der Waals surface area contributed by atoms with Crippen molar-refractivity contribution < 1.29 is 12.8 Å². The van der Waals surface area contributed by atoms with E-state index < -0.39 is 15.7 Å². The van der Waals surface area contributed by atoms with Gasteiger partial charge in [0.15, 0.2) is 5.82 Å². The lowest BCUT2D eigenvalue weighted by Crippen LogP contribution is -2.50. The highest BCUT2D eigenvalue weighted by Crippen LogP contribution is 2.30. The van der Waals surface area contributed by atoms with Crippen molar-refractivity contribution >= 4 is 26.7 Å². The Hall–Kier alpha value is -2.58. The highest BCUT2D eigenvalue weighted by molar-refractivity contribution is 7.91. The van der Waals surface area contributed by atoms with Gasteiger partial charge in [-0.2, -0.15) is 0 Å². The zero-order chi connectivity index (χ0) is 19.0. The maximum Gasteiger partial charge on any atom is 0.227 e. The summed E-state index contributed by atoms with van der Waals surface area (Å²) in [5.74, 6) is -0.152. The molecule has 1 aliphatic rings. The monoisotopic (exact) mass is 386 g/mol. The molecule has 0 amide bonds. The van der Waals surface area contributed by atoms with Gasteiger partial charge >= 0.3 is 0 Å². The summed E-state index contributed by atoms with van der Waals surface area (Å²) in [6.45, 7) is 4.02. The summed E-state index contributed by atoms with van der Waals surface area (Å²) in [5, 5.41) is 3.24. The smallest absolute Gasteiger partial charge is 0.227 e. The molecule has 1 saturated heterocycles. The van der Waals surface area contributed by atoms with Crippen molar-refractivity contribution in [1.82, 2.24) is 15.3 Å². The van der Waals surface area contributed by atoms with Crippen LogP contribution in [0.3, 0.4) is 0 Å². The molecular formula is C19H19FN4O2S. The van der Waals surface area contributed by atoms with Crippen molar-refractivity contribution in [2.45, 2.75) is 22.9 Å². The molecule has 8 heteroatoms. The molecular weight excluding hydrogens is 367 g/mol. The molecule has 0 radical (unpaired) electrons. The van der Waals surface area contributed by atoms with Crippen LogP contribution >= 0.6 is 0 Å². The van der Waals surface area contributed by atoms with Crippen molar-refractivity contribution in [2.24, 2.45) is 0 Å². The predicted octanol–water partition coefficient (Wildman–Crippen LogP) is 2.40. The van der Waals surface area contributed by atoms with E-state index in [9.17, 15) is 12.8 Å². The number of piperazine rings is 1. The highest BCUT2D eigenvalue weighted by atomic mass is 32.2. The minimum absolute atomic E-state index is 0.00193. The fourth-order valence-electron chi connectivity index (χ4n) is 3.21. The fourth-order valence-corrected chi connectivity index (χ4v) is 4.56. The Morgan fingerprint density at radius 1 is 1.07 bits per heavy atom. The van der Waals surface area contributed by atoms with Crippen LogP contribution in [-0.2, 0) is 9.84 Å². The average Bonchev–Trinajstić information content (AvgIpc) is 2.67. The van der Waals surface area contributed by atoms with Crippen LogP contribution in [0.25, 0.3) is 11.0 Å². The SMILES string of the molecule is CC1CN(c2nc3ccccc3nc2S(=O)(=O)c2ccc(F)cc2)CCN1. The second-order valence-corrected chi connectivity index (χ2v) is 8.46. The van der Waals surface area contributed by atoms with E-state index in [1.807, 2.05) is 24.0 Å². The van der Waals surface area contributed by atoms with Crippen molar-refractivity contribution in [3.05, 3.63) is 54.3 Å². The van der Waals surface area contributed by atoms with E-state index in [1.54, 1.807) is 12.1 Å². The number of halogens is 1. The Morgan fingerprint density at radius 3 is 2.41 bits per heavy atom. The molecule has 1 N–H and O–H groups in total. The number of sulfone groups is 1. The lowest BCUT2D eigenvalue weighted by molar-refractivity contribution is 0.479. The van der Waals surface area contributed by atoms with Crippen LogP contribution in [-0.4, -0.2) is 44.1 Å². The minimum Gasteiger partial charge on any atom is -0.351 e. The Balaban J connectivity index is 1.92. The van der Waals surface area contributed by atoms with Crippen LogP contribution in [0.1, 0.15) is 6.92 Å². The molecule has 140 valence electrons. The van der Waals surface area contributed by atoms with Gasteiger partial charge in [0, 0.05) is 25.7 Å². The third-order valence-electron chi connectivity index (χ3n) is 4.57. The highest BCUT2D eigenvalue weighted by Gasteiger charge is 2.29. The molecule has 2 aromatic carbocycles. The molecule has 0 aliphatic carbocycles. The van der Waals surface area contributed by atoms with Gasteiger partial charge in [0.1, 0.15) is 5.82 Å². The van der Waals surface area contributed by atoms with Crippen LogP contribution in [0, 0.1) is 5.82 Å². The standard InChI is InChI=1S/C19H19FN4O2S/c1-13-12-24(11-10-21-13)18-19(23-17-5-3-2-4-16(17)22-18)27(25,26)15-8-6-14(20)7-9-15/h2-9,13,21H,10-12H2,1H3. The van der Waals surface area contributed by atoms with Crippen LogP contribution in [0.15, 0.2) is 58.5 Å². The molecule has 2 heterocycles. The van der Waals surface area contributed by atoms with Crippen molar-refractivity contribution in [2.75, 3.05) is 24.5 Å². The van der Waals surface area contributed by atoms with Crippen LogP contribution < -0.4 is 10.2 Å². The normalized spacial score (nSPS) is 18.0. The summed E-state index contributed by atoms with van der Waals surface area (Å²) in [7, 11) is -3.95. The molecule has 4 rings (SSSR count).